The predicted molar refractivity (Wildman–Crippen MR) is 52.0 cm³/mol. The third-order valence-electron chi connectivity index (χ3n) is 1.49. The molecule has 0 bridgehead atoms. The van der Waals surface area contributed by atoms with Crippen molar-refractivity contribution in [3.05, 3.63) is 0 Å². The fourth-order valence-electron chi connectivity index (χ4n) is 0.706. The van der Waals surface area contributed by atoms with Crippen LogP contribution in [0.15, 0.2) is 4.99 Å². The highest BCUT2D eigenvalue weighted by atomic mass is 16.2. The fraction of sp³-hybridized carbons (Fsp3) is 0.714. The number of hydrazine groups is 1. The maximum Gasteiger partial charge on any atom is 0.223 e. The van der Waals surface area contributed by atoms with E-state index in [0.29, 0.717) is 18.9 Å². The number of guanidine groups is 1. The van der Waals surface area contributed by atoms with Crippen molar-refractivity contribution in [2.24, 2.45) is 10.8 Å². The van der Waals surface area contributed by atoms with Gasteiger partial charge in [-0.1, -0.05) is 0 Å². The summed E-state index contributed by atoms with van der Waals surface area (Å²) in [4.78, 5) is 16.4. The van der Waals surface area contributed by atoms with E-state index in [1.54, 1.807) is 26.0 Å². The molecule has 0 aliphatic carbocycles. The molecule has 0 radical (unpaired) electrons. The second-order valence-electron chi connectivity index (χ2n) is 2.68. The number of amides is 1. The molecule has 0 rings (SSSR count). The molecule has 0 fully saturated rings. The van der Waals surface area contributed by atoms with Gasteiger partial charge in [0.15, 0.2) is 0 Å². The third kappa shape index (κ3) is 5.02. The summed E-state index contributed by atoms with van der Waals surface area (Å²) >= 11 is 0. The van der Waals surface area contributed by atoms with E-state index in [-0.39, 0.29) is 5.91 Å². The van der Waals surface area contributed by atoms with Crippen molar-refractivity contribution in [1.82, 2.24) is 15.6 Å². The Bertz CT molecular complexity index is 189. The summed E-state index contributed by atoms with van der Waals surface area (Å²) in [5.74, 6) is 5.67. The van der Waals surface area contributed by atoms with E-state index in [0.717, 1.165) is 0 Å². The summed E-state index contributed by atoms with van der Waals surface area (Å²) in [5.41, 5.74) is 2.37. The van der Waals surface area contributed by atoms with Gasteiger partial charge in [-0.05, 0) is 0 Å². The smallest absolute Gasteiger partial charge is 0.223 e. The minimum absolute atomic E-state index is 0.0694. The van der Waals surface area contributed by atoms with E-state index in [1.807, 2.05) is 0 Å². The number of carbonyl (C=O) groups is 1. The number of aliphatic imine (C=N–C) groups is 1. The normalized spacial score (nSPS) is 10.9. The fourth-order valence-corrected chi connectivity index (χ4v) is 0.706. The van der Waals surface area contributed by atoms with Crippen molar-refractivity contribution in [1.29, 1.82) is 0 Å². The second-order valence-corrected chi connectivity index (χ2v) is 2.68. The molecule has 0 spiro atoms. The number of rotatable bonds is 3. The Balaban J connectivity index is 3.62. The van der Waals surface area contributed by atoms with E-state index in [9.17, 15) is 4.79 Å². The summed E-state index contributed by atoms with van der Waals surface area (Å²) in [6, 6.07) is 0. The van der Waals surface area contributed by atoms with Crippen LogP contribution in [-0.4, -0.2) is 44.5 Å². The molecule has 0 heterocycles. The Hall–Kier alpha value is -1.30. The van der Waals surface area contributed by atoms with Gasteiger partial charge in [-0.15, -0.1) is 0 Å². The molecule has 0 saturated carbocycles. The lowest BCUT2D eigenvalue weighted by molar-refractivity contribution is -0.128. The molecular formula is C7H17N5O. The maximum atomic E-state index is 11.1. The first-order valence-corrected chi connectivity index (χ1v) is 3.99. The lowest BCUT2D eigenvalue weighted by Gasteiger charge is -2.11. The van der Waals surface area contributed by atoms with E-state index in [2.05, 4.69) is 15.7 Å². The summed E-state index contributed by atoms with van der Waals surface area (Å²) < 4.78 is 0. The first-order chi connectivity index (χ1) is 6.11. The zero-order valence-electron chi connectivity index (χ0n) is 8.29. The third-order valence-corrected chi connectivity index (χ3v) is 1.49. The SMILES string of the molecule is CN=C(NN)NCCC(=O)N(C)C. The Labute approximate surface area is 78.2 Å². The highest BCUT2D eigenvalue weighted by Gasteiger charge is 2.02. The van der Waals surface area contributed by atoms with E-state index < -0.39 is 0 Å². The van der Waals surface area contributed by atoms with Crippen LogP contribution in [0.1, 0.15) is 6.42 Å². The number of nitrogens with two attached hydrogens (primary N) is 1. The monoisotopic (exact) mass is 187 g/mol. The zero-order valence-corrected chi connectivity index (χ0v) is 8.29. The van der Waals surface area contributed by atoms with Gasteiger partial charge in [0.1, 0.15) is 0 Å². The minimum Gasteiger partial charge on any atom is -0.355 e. The summed E-state index contributed by atoms with van der Waals surface area (Å²) in [6.45, 7) is 0.522. The number of hydrogen-bond acceptors (Lipinski definition) is 3. The van der Waals surface area contributed by atoms with Gasteiger partial charge < -0.3 is 10.2 Å². The standard InChI is InChI=1S/C7H17N5O/c1-9-7(11-8)10-5-4-6(13)12(2)3/h4-5,8H2,1-3H3,(H2,9,10,11). The predicted octanol–water partition coefficient (Wildman–Crippen LogP) is -1.50. The molecule has 76 valence electrons. The van der Waals surface area contributed by atoms with Crippen molar-refractivity contribution in [2.45, 2.75) is 6.42 Å². The molecule has 0 aromatic heterocycles. The summed E-state index contributed by atoms with van der Waals surface area (Å²) in [7, 11) is 5.05. The maximum absolute atomic E-state index is 11.1. The molecule has 0 unspecified atom stereocenters. The molecule has 4 N–H and O–H groups in total. The average Bonchev–Trinajstić information content (AvgIpc) is 2.12. The van der Waals surface area contributed by atoms with Gasteiger partial charge in [0.25, 0.3) is 0 Å². The minimum atomic E-state index is 0.0694. The van der Waals surface area contributed by atoms with Gasteiger partial charge in [0.2, 0.25) is 11.9 Å². The molecule has 0 aliphatic heterocycles. The Morgan fingerprint density at radius 2 is 2.15 bits per heavy atom. The summed E-state index contributed by atoms with van der Waals surface area (Å²) in [6.07, 6.45) is 0.424. The average molecular weight is 187 g/mol. The van der Waals surface area contributed by atoms with Gasteiger partial charge in [-0.25, -0.2) is 5.84 Å². The Morgan fingerprint density at radius 1 is 1.54 bits per heavy atom. The highest BCUT2D eigenvalue weighted by molar-refractivity contribution is 5.80. The van der Waals surface area contributed by atoms with Crippen molar-refractivity contribution < 1.29 is 4.79 Å². The Kier molecular flexibility index (Phi) is 5.62. The number of carbonyl (C=O) groups excluding carboxylic acids is 1. The molecule has 13 heavy (non-hydrogen) atoms. The van der Waals surface area contributed by atoms with Crippen LogP contribution in [-0.2, 0) is 4.79 Å². The van der Waals surface area contributed by atoms with E-state index in [1.165, 1.54) is 0 Å². The number of hydrogen-bond donors (Lipinski definition) is 3. The quantitative estimate of drug-likeness (QED) is 0.217. The Morgan fingerprint density at radius 3 is 2.54 bits per heavy atom. The van der Waals surface area contributed by atoms with Crippen LogP contribution in [0, 0.1) is 0 Å². The van der Waals surface area contributed by atoms with Gasteiger partial charge in [0, 0.05) is 34.1 Å². The van der Waals surface area contributed by atoms with Crippen LogP contribution in [0.2, 0.25) is 0 Å². The molecule has 0 aromatic rings. The van der Waals surface area contributed by atoms with Crippen molar-refractivity contribution in [3.8, 4) is 0 Å². The first kappa shape index (κ1) is 11.7. The molecule has 6 heteroatoms. The van der Waals surface area contributed by atoms with Crippen molar-refractivity contribution in [3.63, 3.8) is 0 Å². The molecular weight excluding hydrogens is 170 g/mol. The van der Waals surface area contributed by atoms with Gasteiger partial charge in [-0.3, -0.25) is 15.2 Å². The second kappa shape index (κ2) is 6.24. The lowest BCUT2D eigenvalue weighted by atomic mass is 10.4. The van der Waals surface area contributed by atoms with Crippen LogP contribution < -0.4 is 16.6 Å². The van der Waals surface area contributed by atoms with Gasteiger partial charge in [0.05, 0.1) is 0 Å². The van der Waals surface area contributed by atoms with Crippen molar-refractivity contribution in [2.75, 3.05) is 27.7 Å². The lowest BCUT2D eigenvalue weighted by Crippen LogP contribution is -2.42. The van der Waals surface area contributed by atoms with Gasteiger partial charge in [-0.2, -0.15) is 0 Å². The topological polar surface area (TPSA) is 82.7 Å². The van der Waals surface area contributed by atoms with Crippen LogP contribution >= 0.6 is 0 Å². The molecule has 0 aliphatic rings. The number of nitrogens with one attached hydrogen (secondary N) is 2. The van der Waals surface area contributed by atoms with Crippen LogP contribution in [0.25, 0.3) is 0 Å². The first-order valence-electron chi connectivity index (χ1n) is 3.99. The molecule has 6 nitrogen and oxygen atoms in total. The molecule has 0 saturated heterocycles. The van der Waals surface area contributed by atoms with E-state index in [4.69, 9.17) is 5.84 Å². The van der Waals surface area contributed by atoms with Crippen LogP contribution in [0.3, 0.4) is 0 Å². The molecule has 0 aromatic carbocycles. The largest absolute Gasteiger partial charge is 0.355 e. The van der Waals surface area contributed by atoms with Crippen LogP contribution in [0.5, 0.6) is 0 Å². The molecule has 1 amide bonds. The van der Waals surface area contributed by atoms with E-state index >= 15 is 0 Å². The summed E-state index contributed by atoms with van der Waals surface area (Å²) in [5, 5.41) is 2.87. The van der Waals surface area contributed by atoms with Gasteiger partial charge >= 0.3 is 0 Å². The molecule has 0 atom stereocenters. The van der Waals surface area contributed by atoms with Crippen LogP contribution in [0.4, 0.5) is 0 Å². The van der Waals surface area contributed by atoms with Crippen molar-refractivity contribution >= 4 is 11.9 Å². The number of nitrogens with zero attached hydrogens (tertiary/aromatic N) is 2. The highest BCUT2D eigenvalue weighted by Crippen LogP contribution is 1.84. The zero-order chi connectivity index (χ0) is 10.3.